The molecule has 1 unspecified atom stereocenters. The summed E-state index contributed by atoms with van der Waals surface area (Å²) in [6.07, 6.45) is -0.735. The molecule has 0 saturated heterocycles. The first-order valence-corrected chi connectivity index (χ1v) is 5.92. The number of aliphatic hydroxyl groups excluding tert-OH is 1. The number of aryl methyl sites for hydroxylation is 1. The molecule has 19 heavy (non-hydrogen) atoms. The molecular weight excluding hydrogens is 250 g/mol. The number of carbonyl (C=O) groups is 2. The van der Waals surface area contributed by atoms with Crippen LogP contribution in [0.2, 0.25) is 0 Å². The number of benzene rings is 1. The van der Waals surface area contributed by atoms with Gasteiger partial charge in [0.15, 0.2) is 12.7 Å². The Bertz CT molecular complexity index is 446. The first kappa shape index (κ1) is 15.0. The van der Waals surface area contributed by atoms with Gasteiger partial charge in [-0.3, -0.25) is 4.79 Å². The Balaban J connectivity index is 2.35. The van der Waals surface area contributed by atoms with Crippen LogP contribution >= 0.6 is 0 Å². The van der Waals surface area contributed by atoms with Gasteiger partial charge in [-0.1, -0.05) is 19.1 Å². The fourth-order valence-electron chi connectivity index (χ4n) is 1.35. The Kier molecular flexibility index (Phi) is 5.81. The second-order valence-corrected chi connectivity index (χ2v) is 3.95. The molecule has 0 radical (unpaired) electrons. The van der Waals surface area contributed by atoms with E-state index in [2.05, 4.69) is 5.32 Å². The number of rotatable bonds is 7. The van der Waals surface area contributed by atoms with Gasteiger partial charge in [-0.05, 0) is 24.1 Å². The zero-order valence-corrected chi connectivity index (χ0v) is 10.6. The molecule has 1 amide bonds. The average Bonchev–Trinajstić information content (AvgIpc) is 2.42. The van der Waals surface area contributed by atoms with Crippen LogP contribution in [0.15, 0.2) is 24.3 Å². The lowest BCUT2D eigenvalue weighted by Gasteiger charge is -2.09. The number of hydrogen-bond donors (Lipinski definition) is 3. The molecule has 0 aromatic heterocycles. The molecule has 0 bridgehead atoms. The van der Waals surface area contributed by atoms with E-state index in [1.165, 1.54) is 0 Å². The standard InChI is InChI=1S/C13H17NO5/c1-2-9-4-3-5-10(6-9)19-8-12(16)14-7-11(15)13(17)18/h3-6,11,15H,2,7-8H2,1H3,(H,14,16)(H,17,18). The van der Waals surface area contributed by atoms with Gasteiger partial charge >= 0.3 is 5.97 Å². The molecule has 0 spiro atoms. The van der Waals surface area contributed by atoms with Crippen molar-refractivity contribution in [2.75, 3.05) is 13.2 Å². The lowest BCUT2D eigenvalue weighted by atomic mass is 10.2. The quantitative estimate of drug-likeness (QED) is 0.655. The summed E-state index contributed by atoms with van der Waals surface area (Å²) in [5, 5.41) is 19.7. The van der Waals surface area contributed by atoms with Crippen LogP contribution in [0.3, 0.4) is 0 Å². The van der Waals surface area contributed by atoms with Crippen molar-refractivity contribution in [3.05, 3.63) is 29.8 Å². The summed E-state index contributed by atoms with van der Waals surface area (Å²) in [6.45, 7) is 1.45. The summed E-state index contributed by atoms with van der Waals surface area (Å²) >= 11 is 0. The van der Waals surface area contributed by atoms with Crippen molar-refractivity contribution in [2.45, 2.75) is 19.4 Å². The molecule has 0 saturated carbocycles. The molecule has 3 N–H and O–H groups in total. The number of amides is 1. The lowest BCUT2D eigenvalue weighted by molar-refractivity contribution is -0.146. The van der Waals surface area contributed by atoms with Gasteiger partial charge in [0.1, 0.15) is 5.75 Å². The van der Waals surface area contributed by atoms with Gasteiger partial charge in [-0.2, -0.15) is 0 Å². The van der Waals surface area contributed by atoms with Crippen LogP contribution in [0.25, 0.3) is 0 Å². The van der Waals surface area contributed by atoms with Crippen molar-refractivity contribution in [1.29, 1.82) is 0 Å². The minimum atomic E-state index is -1.60. The molecule has 6 heteroatoms. The third-order valence-corrected chi connectivity index (χ3v) is 2.45. The SMILES string of the molecule is CCc1cccc(OCC(=O)NCC(O)C(=O)O)c1. The van der Waals surface area contributed by atoms with Crippen LogP contribution in [0, 0.1) is 0 Å². The molecule has 0 aliphatic rings. The van der Waals surface area contributed by atoms with Crippen molar-refractivity contribution in [3.63, 3.8) is 0 Å². The summed E-state index contributed by atoms with van der Waals surface area (Å²) in [7, 11) is 0. The second kappa shape index (κ2) is 7.38. The van der Waals surface area contributed by atoms with E-state index in [4.69, 9.17) is 14.9 Å². The van der Waals surface area contributed by atoms with Crippen molar-refractivity contribution in [2.24, 2.45) is 0 Å². The van der Waals surface area contributed by atoms with Gasteiger partial charge < -0.3 is 20.3 Å². The minimum absolute atomic E-state index is 0.223. The molecule has 104 valence electrons. The topological polar surface area (TPSA) is 95.9 Å². The van der Waals surface area contributed by atoms with Crippen LogP contribution in [0.1, 0.15) is 12.5 Å². The van der Waals surface area contributed by atoms with E-state index in [0.717, 1.165) is 12.0 Å². The molecule has 0 aliphatic heterocycles. The highest BCUT2D eigenvalue weighted by atomic mass is 16.5. The van der Waals surface area contributed by atoms with E-state index in [1.54, 1.807) is 6.07 Å². The molecular formula is C13H17NO5. The van der Waals surface area contributed by atoms with Crippen LogP contribution < -0.4 is 10.1 Å². The van der Waals surface area contributed by atoms with E-state index in [-0.39, 0.29) is 13.2 Å². The van der Waals surface area contributed by atoms with E-state index >= 15 is 0 Å². The van der Waals surface area contributed by atoms with E-state index in [0.29, 0.717) is 5.75 Å². The Morgan fingerprint density at radius 1 is 1.42 bits per heavy atom. The summed E-state index contributed by atoms with van der Waals surface area (Å²) in [6, 6.07) is 7.36. The maximum atomic E-state index is 11.4. The number of carbonyl (C=O) groups excluding carboxylic acids is 1. The summed E-state index contributed by atoms with van der Waals surface area (Å²) in [5.74, 6) is -1.28. The summed E-state index contributed by atoms with van der Waals surface area (Å²) < 4.78 is 5.26. The molecule has 0 heterocycles. The van der Waals surface area contributed by atoms with E-state index < -0.39 is 18.0 Å². The number of ether oxygens (including phenoxy) is 1. The number of nitrogens with one attached hydrogen (secondary N) is 1. The van der Waals surface area contributed by atoms with Crippen molar-refractivity contribution in [1.82, 2.24) is 5.32 Å². The van der Waals surface area contributed by atoms with Crippen molar-refractivity contribution in [3.8, 4) is 5.75 Å². The molecule has 0 aliphatic carbocycles. The monoisotopic (exact) mass is 267 g/mol. The molecule has 0 fully saturated rings. The highest BCUT2D eigenvalue weighted by Gasteiger charge is 2.14. The van der Waals surface area contributed by atoms with Gasteiger partial charge in [-0.15, -0.1) is 0 Å². The van der Waals surface area contributed by atoms with Crippen molar-refractivity contribution >= 4 is 11.9 Å². The maximum absolute atomic E-state index is 11.4. The summed E-state index contributed by atoms with van der Waals surface area (Å²) in [4.78, 5) is 21.7. The van der Waals surface area contributed by atoms with Crippen molar-refractivity contribution < 1.29 is 24.5 Å². The largest absolute Gasteiger partial charge is 0.484 e. The van der Waals surface area contributed by atoms with E-state index in [9.17, 15) is 9.59 Å². The van der Waals surface area contributed by atoms with Gasteiger partial charge in [0.2, 0.25) is 0 Å². The first-order valence-electron chi connectivity index (χ1n) is 5.92. The van der Waals surface area contributed by atoms with Crippen LogP contribution in [-0.4, -0.2) is 41.3 Å². The Hall–Kier alpha value is -2.08. The molecule has 6 nitrogen and oxygen atoms in total. The number of carboxylic acid groups (broad SMARTS) is 1. The zero-order valence-electron chi connectivity index (χ0n) is 10.6. The Morgan fingerprint density at radius 2 is 2.16 bits per heavy atom. The number of aliphatic hydroxyl groups is 1. The number of hydrogen-bond acceptors (Lipinski definition) is 4. The normalized spacial score (nSPS) is 11.7. The van der Waals surface area contributed by atoms with Gasteiger partial charge in [0.25, 0.3) is 5.91 Å². The average molecular weight is 267 g/mol. The van der Waals surface area contributed by atoms with E-state index in [1.807, 2.05) is 25.1 Å². The first-order chi connectivity index (χ1) is 9.02. The van der Waals surface area contributed by atoms with Crippen LogP contribution in [0.5, 0.6) is 5.75 Å². The fraction of sp³-hybridized carbons (Fsp3) is 0.385. The predicted molar refractivity (Wildman–Crippen MR) is 68.0 cm³/mol. The third kappa shape index (κ3) is 5.39. The summed E-state index contributed by atoms with van der Waals surface area (Å²) in [5.41, 5.74) is 1.10. The lowest BCUT2D eigenvalue weighted by Crippen LogP contribution is -2.38. The highest BCUT2D eigenvalue weighted by molar-refractivity contribution is 5.79. The third-order valence-electron chi connectivity index (χ3n) is 2.45. The number of aliphatic carboxylic acids is 1. The second-order valence-electron chi connectivity index (χ2n) is 3.95. The zero-order chi connectivity index (χ0) is 14.3. The molecule has 1 atom stereocenters. The minimum Gasteiger partial charge on any atom is -0.484 e. The molecule has 1 aromatic rings. The Morgan fingerprint density at radius 3 is 2.79 bits per heavy atom. The van der Waals surface area contributed by atoms with Crippen LogP contribution in [-0.2, 0) is 16.0 Å². The highest BCUT2D eigenvalue weighted by Crippen LogP contribution is 2.13. The fourth-order valence-corrected chi connectivity index (χ4v) is 1.35. The maximum Gasteiger partial charge on any atom is 0.334 e. The predicted octanol–water partition coefficient (Wildman–Crippen LogP) is 0.189. The smallest absolute Gasteiger partial charge is 0.334 e. The van der Waals surface area contributed by atoms with Gasteiger partial charge in [0.05, 0.1) is 6.54 Å². The Labute approximate surface area is 111 Å². The molecule has 1 rings (SSSR count). The van der Waals surface area contributed by atoms with Crippen LogP contribution in [0.4, 0.5) is 0 Å². The number of carboxylic acids is 1. The molecule has 1 aromatic carbocycles. The van der Waals surface area contributed by atoms with Gasteiger partial charge in [-0.25, -0.2) is 4.79 Å². The van der Waals surface area contributed by atoms with Gasteiger partial charge in [0, 0.05) is 0 Å².